The van der Waals surface area contributed by atoms with Gasteiger partial charge in [0.15, 0.2) is 9.84 Å². The van der Waals surface area contributed by atoms with Crippen LogP contribution in [-0.2, 0) is 16.3 Å². The molecule has 1 unspecified atom stereocenters. The summed E-state index contributed by atoms with van der Waals surface area (Å²) in [5.74, 6) is 0. The average molecular weight is 241 g/mol. The van der Waals surface area contributed by atoms with E-state index in [0.717, 1.165) is 11.1 Å². The third kappa shape index (κ3) is 3.32. The van der Waals surface area contributed by atoms with Gasteiger partial charge in [-0.3, -0.25) is 0 Å². The monoisotopic (exact) mass is 241 g/mol. The predicted molar refractivity (Wildman–Crippen MR) is 67.3 cm³/mol. The molecule has 1 aromatic rings. The van der Waals surface area contributed by atoms with Crippen LogP contribution in [0.5, 0.6) is 0 Å². The molecule has 0 fully saturated rings. The zero-order valence-corrected chi connectivity index (χ0v) is 10.8. The molecule has 0 saturated heterocycles. The van der Waals surface area contributed by atoms with Crippen LogP contribution in [0.4, 0.5) is 0 Å². The molecule has 1 rings (SSSR count). The topological polar surface area (TPSA) is 60.2 Å². The zero-order chi connectivity index (χ0) is 12.3. The van der Waals surface area contributed by atoms with Crippen molar-refractivity contribution in [2.45, 2.75) is 25.5 Å². The number of sulfone groups is 1. The molecule has 0 bridgehead atoms. The second-order valence-corrected chi connectivity index (χ2v) is 6.65. The van der Waals surface area contributed by atoms with Gasteiger partial charge in [-0.25, -0.2) is 8.42 Å². The normalized spacial score (nSPS) is 13.8. The minimum absolute atomic E-state index is 0.173. The van der Waals surface area contributed by atoms with Crippen molar-refractivity contribution in [1.29, 1.82) is 0 Å². The SMILES string of the molecule is Cc1ccc(CC(CN)S(C)(=O)=O)c(C)c1. The lowest BCUT2D eigenvalue weighted by Gasteiger charge is -2.14. The van der Waals surface area contributed by atoms with Gasteiger partial charge in [-0.1, -0.05) is 23.8 Å². The Labute approximate surface area is 97.6 Å². The lowest BCUT2D eigenvalue weighted by Crippen LogP contribution is -2.31. The first-order chi connectivity index (χ1) is 7.34. The molecule has 90 valence electrons. The van der Waals surface area contributed by atoms with Crippen LogP contribution in [0.3, 0.4) is 0 Å². The minimum Gasteiger partial charge on any atom is -0.329 e. The molecular formula is C12H19NO2S. The van der Waals surface area contributed by atoms with Crippen molar-refractivity contribution < 1.29 is 8.42 Å². The third-order valence-corrected chi connectivity index (χ3v) is 4.38. The average Bonchev–Trinajstić information content (AvgIpc) is 2.14. The first-order valence-electron chi connectivity index (χ1n) is 5.29. The number of benzene rings is 1. The van der Waals surface area contributed by atoms with E-state index in [1.807, 2.05) is 26.0 Å². The van der Waals surface area contributed by atoms with E-state index in [1.54, 1.807) is 0 Å². The second-order valence-electron chi connectivity index (χ2n) is 4.32. The molecule has 0 heterocycles. The van der Waals surface area contributed by atoms with E-state index in [4.69, 9.17) is 5.73 Å². The number of hydrogen-bond donors (Lipinski definition) is 1. The molecule has 0 spiro atoms. The van der Waals surface area contributed by atoms with Crippen molar-refractivity contribution in [2.24, 2.45) is 5.73 Å². The van der Waals surface area contributed by atoms with E-state index in [9.17, 15) is 8.42 Å². The van der Waals surface area contributed by atoms with E-state index < -0.39 is 15.1 Å². The first kappa shape index (κ1) is 13.2. The third-order valence-electron chi connectivity index (χ3n) is 2.81. The van der Waals surface area contributed by atoms with Gasteiger partial charge in [0.05, 0.1) is 5.25 Å². The Balaban J connectivity index is 2.95. The van der Waals surface area contributed by atoms with Crippen molar-refractivity contribution in [2.75, 3.05) is 12.8 Å². The van der Waals surface area contributed by atoms with Gasteiger partial charge in [-0.05, 0) is 31.4 Å². The van der Waals surface area contributed by atoms with Crippen molar-refractivity contribution >= 4 is 9.84 Å². The second kappa shape index (κ2) is 4.97. The van der Waals surface area contributed by atoms with Crippen LogP contribution in [0, 0.1) is 13.8 Å². The summed E-state index contributed by atoms with van der Waals surface area (Å²) in [6.07, 6.45) is 1.75. The van der Waals surface area contributed by atoms with Crippen LogP contribution in [0.2, 0.25) is 0 Å². The van der Waals surface area contributed by atoms with Gasteiger partial charge in [0.25, 0.3) is 0 Å². The number of rotatable bonds is 4. The molecule has 0 aliphatic heterocycles. The van der Waals surface area contributed by atoms with E-state index in [2.05, 4.69) is 6.07 Å². The Morgan fingerprint density at radius 2 is 1.94 bits per heavy atom. The van der Waals surface area contributed by atoms with Crippen molar-refractivity contribution in [3.8, 4) is 0 Å². The van der Waals surface area contributed by atoms with E-state index in [-0.39, 0.29) is 6.54 Å². The maximum atomic E-state index is 11.5. The van der Waals surface area contributed by atoms with Gasteiger partial charge in [-0.2, -0.15) is 0 Å². The van der Waals surface area contributed by atoms with Crippen molar-refractivity contribution in [3.63, 3.8) is 0 Å². The van der Waals surface area contributed by atoms with Crippen molar-refractivity contribution in [3.05, 3.63) is 34.9 Å². The van der Waals surface area contributed by atoms with Crippen LogP contribution < -0.4 is 5.73 Å². The van der Waals surface area contributed by atoms with Crippen LogP contribution in [0.25, 0.3) is 0 Å². The van der Waals surface area contributed by atoms with E-state index in [1.165, 1.54) is 11.8 Å². The zero-order valence-electron chi connectivity index (χ0n) is 10.0. The Hall–Kier alpha value is -0.870. The summed E-state index contributed by atoms with van der Waals surface area (Å²) in [4.78, 5) is 0. The predicted octanol–water partition coefficient (Wildman–Crippen LogP) is 1.22. The molecule has 0 radical (unpaired) electrons. The Bertz CT molecular complexity index is 466. The Morgan fingerprint density at radius 1 is 1.31 bits per heavy atom. The molecule has 16 heavy (non-hydrogen) atoms. The molecule has 4 heteroatoms. The van der Waals surface area contributed by atoms with Crippen molar-refractivity contribution in [1.82, 2.24) is 0 Å². The summed E-state index contributed by atoms with van der Waals surface area (Å²) in [7, 11) is -3.07. The number of hydrogen-bond acceptors (Lipinski definition) is 3. The Morgan fingerprint density at radius 3 is 2.38 bits per heavy atom. The molecule has 1 atom stereocenters. The molecule has 1 aromatic carbocycles. The molecular weight excluding hydrogens is 222 g/mol. The van der Waals surface area contributed by atoms with Gasteiger partial charge in [0.2, 0.25) is 0 Å². The van der Waals surface area contributed by atoms with Crippen LogP contribution in [-0.4, -0.2) is 26.5 Å². The van der Waals surface area contributed by atoms with Crippen LogP contribution in [0.1, 0.15) is 16.7 Å². The summed E-state index contributed by atoms with van der Waals surface area (Å²) in [5, 5.41) is -0.478. The molecule has 2 N–H and O–H groups in total. The van der Waals surface area contributed by atoms with E-state index >= 15 is 0 Å². The number of aryl methyl sites for hydroxylation is 2. The Kier molecular flexibility index (Phi) is 4.10. The highest BCUT2D eigenvalue weighted by molar-refractivity contribution is 7.91. The quantitative estimate of drug-likeness (QED) is 0.862. The maximum Gasteiger partial charge on any atom is 0.151 e. The number of nitrogens with two attached hydrogens (primary N) is 1. The molecule has 0 aliphatic rings. The first-order valence-corrected chi connectivity index (χ1v) is 7.25. The van der Waals surface area contributed by atoms with Gasteiger partial charge >= 0.3 is 0 Å². The largest absolute Gasteiger partial charge is 0.329 e. The van der Waals surface area contributed by atoms with Crippen LogP contribution in [0.15, 0.2) is 18.2 Å². The fourth-order valence-corrected chi connectivity index (χ4v) is 2.56. The fourth-order valence-electron chi connectivity index (χ4n) is 1.73. The molecule has 0 aromatic heterocycles. The van der Waals surface area contributed by atoms with Crippen LogP contribution >= 0.6 is 0 Å². The molecule has 3 nitrogen and oxygen atoms in total. The van der Waals surface area contributed by atoms with Gasteiger partial charge in [-0.15, -0.1) is 0 Å². The fraction of sp³-hybridized carbons (Fsp3) is 0.500. The summed E-state index contributed by atoms with van der Waals surface area (Å²) in [5.41, 5.74) is 8.88. The smallest absolute Gasteiger partial charge is 0.151 e. The highest BCUT2D eigenvalue weighted by Crippen LogP contribution is 2.15. The minimum atomic E-state index is -3.07. The summed E-state index contributed by atoms with van der Waals surface area (Å²) in [6.45, 7) is 4.19. The summed E-state index contributed by atoms with van der Waals surface area (Å²) in [6, 6.07) is 6.04. The van der Waals surface area contributed by atoms with Gasteiger partial charge < -0.3 is 5.73 Å². The molecule has 0 aliphatic carbocycles. The standard InChI is InChI=1S/C12H19NO2S/c1-9-4-5-11(10(2)6-9)7-12(8-13)16(3,14)15/h4-6,12H,7-8,13H2,1-3H3. The summed E-state index contributed by atoms with van der Waals surface area (Å²) >= 11 is 0. The lowest BCUT2D eigenvalue weighted by atomic mass is 10.0. The van der Waals surface area contributed by atoms with E-state index in [0.29, 0.717) is 6.42 Å². The molecule has 0 saturated carbocycles. The highest BCUT2D eigenvalue weighted by Gasteiger charge is 2.19. The molecule has 0 amide bonds. The van der Waals surface area contributed by atoms with Gasteiger partial charge in [0.1, 0.15) is 0 Å². The summed E-state index contributed by atoms with van der Waals surface area (Å²) < 4.78 is 22.9. The van der Waals surface area contributed by atoms with Gasteiger partial charge in [0, 0.05) is 12.8 Å². The lowest BCUT2D eigenvalue weighted by molar-refractivity contribution is 0.584. The maximum absolute atomic E-state index is 11.5. The highest BCUT2D eigenvalue weighted by atomic mass is 32.2.